The zero-order valence-corrected chi connectivity index (χ0v) is 9.52. The van der Waals surface area contributed by atoms with Crippen LogP contribution in [0.2, 0.25) is 0 Å². The highest BCUT2D eigenvalue weighted by Gasteiger charge is 2.08. The minimum absolute atomic E-state index is 0.181. The zero-order chi connectivity index (χ0) is 9.30. The number of nitrogens with two attached hydrogens (primary N) is 1. The Morgan fingerprint density at radius 1 is 1.58 bits per heavy atom. The summed E-state index contributed by atoms with van der Waals surface area (Å²) in [6.07, 6.45) is 0. The van der Waals surface area contributed by atoms with Crippen molar-refractivity contribution in [3.63, 3.8) is 0 Å². The van der Waals surface area contributed by atoms with Gasteiger partial charge in [0.05, 0.1) is 4.47 Å². The van der Waals surface area contributed by atoms with Crippen LogP contribution in [0.25, 0.3) is 0 Å². The number of hydrogen-bond acceptors (Lipinski definition) is 1. The van der Waals surface area contributed by atoms with Crippen LogP contribution in [0.4, 0.5) is 4.39 Å². The van der Waals surface area contributed by atoms with E-state index in [4.69, 9.17) is 5.73 Å². The Hall–Kier alpha value is -0.170. The van der Waals surface area contributed by atoms with Gasteiger partial charge in [-0.3, -0.25) is 4.79 Å². The van der Waals surface area contributed by atoms with Gasteiger partial charge in [-0.15, -0.1) is 0 Å². The summed E-state index contributed by atoms with van der Waals surface area (Å²) in [6, 6.07) is 2.63. The maximum Gasteiger partial charge on any atom is 0.248 e. The lowest BCUT2D eigenvalue weighted by molar-refractivity contribution is 0.1000. The average Bonchev–Trinajstić information content (AvgIpc) is 1.99. The van der Waals surface area contributed by atoms with Crippen molar-refractivity contribution in [2.75, 3.05) is 0 Å². The van der Waals surface area contributed by atoms with Gasteiger partial charge >= 0.3 is 0 Å². The van der Waals surface area contributed by atoms with Gasteiger partial charge in [-0.2, -0.15) is 0 Å². The summed E-state index contributed by atoms with van der Waals surface area (Å²) in [5, 5.41) is 0. The second-order valence-corrected chi connectivity index (χ2v) is 4.07. The smallest absolute Gasteiger partial charge is 0.248 e. The highest BCUT2D eigenvalue weighted by atomic mass is 127. The number of hydrogen-bond donors (Lipinski definition) is 1. The van der Waals surface area contributed by atoms with Gasteiger partial charge in [-0.05, 0) is 50.7 Å². The number of benzene rings is 1. The summed E-state index contributed by atoms with van der Waals surface area (Å²) in [6.45, 7) is 0. The lowest BCUT2D eigenvalue weighted by atomic mass is 10.2. The third kappa shape index (κ3) is 1.95. The van der Waals surface area contributed by atoms with Crippen LogP contribution in [0.1, 0.15) is 10.4 Å². The lowest BCUT2D eigenvalue weighted by Gasteiger charge is -2.00. The molecule has 0 fully saturated rings. The number of rotatable bonds is 1. The molecule has 0 aliphatic heterocycles. The quantitative estimate of drug-likeness (QED) is 0.617. The summed E-state index contributed by atoms with van der Waals surface area (Å²) in [7, 11) is 0. The van der Waals surface area contributed by atoms with Gasteiger partial charge in [0.15, 0.2) is 0 Å². The fourth-order valence-corrected chi connectivity index (χ4v) is 1.52. The predicted molar refractivity (Wildman–Crippen MR) is 55.3 cm³/mol. The Morgan fingerprint density at radius 2 is 2.17 bits per heavy atom. The highest BCUT2D eigenvalue weighted by Crippen LogP contribution is 2.23. The van der Waals surface area contributed by atoms with E-state index in [1.165, 1.54) is 6.07 Å². The number of amides is 1. The van der Waals surface area contributed by atoms with Gasteiger partial charge < -0.3 is 5.73 Å². The topological polar surface area (TPSA) is 43.1 Å². The molecule has 0 saturated carbocycles. The van der Waals surface area contributed by atoms with Crippen molar-refractivity contribution < 1.29 is 9.18 Å². The van der Waals surface area contributed by atoms with Crippen molar-refractivity contribution in [1.29, 1.82) is 0 Å². The molecule has 1 rings (SSSR count). The molecule has 0 heterocycles. The van der Waals surface area contributed by atoms with E-state index in [0.717, 1.165) is 6.07 Å². The van der Waals surface area contributed by atoms with Gasteiger partial charge in [0.2, 0.25) is 5.91 Å². The molecule has 64 valence electrons. The van der Waals surface area contributed by atoms with E-state index in [-0.39, 0.29) is 5.56 Å². The van der Waals surface area contributed by atoms with Crippen molar-refractivity contribution in [1.82, 2.24) is 0 Å². The Morgan fingerprint density at radius 3 is 2.58 bits per heavy atom. The van der Waals surface area contributed by atoms with Crippen LogP contribution in [-0.2, 0) is 0 Å². The summed E-state index contributed by atoms with van der Waals surface area (Å²) < 4.78 is 13.9. The van der Waals surface area contributed by atoms with E-state index in [0.29, 0.717) is 8.04 Å². The first kappa shape index (κ1) is 9.91. The molecular formula is C7H4BrFINO. The first-order valence-electron chi connectivity index (χ1n) is 2.96. The molecule has 1 aromatic rings. The molecule has 0 bridgehead atoms. The van der Waals surface area contributed by atoms with Crippen molar-refractivity contribution in [2.45, 2.75) is 0 Å². The Balaban J connectivity index is 3.31. The number of carbonyl (C=O) groups is 1. The van der Waals surface area contributed by atoms with Crippen LogP contribution in [0.3, 0.4) is 0 Å². The van der Waals surface area contributed by atoms with Crippen molar-refractivity contribution >= 4 is 44.4 Å². The second-order valence-electron chi connectivity index (χ2n) is 2.12. The van der Waals surface area contributed by atoms with Crippen LogP contribution in [0.15, 0.2) is 16.6 Å². The van der Waals surface area contributed by atoms with E-state index in [2.05, 4.69) is 15.9 Å². The maximum atomic E-state index is 12.9. The first-order chi connectivity index (χ1) is 5.52. The third-order valence-electron chi connectivity index (χ3n) is 1.27. The monoisotopic (exact) mass is 343 g/mol. The molecule has 12 heavy (non-hydrogen) atoms. The van der Waals surface area contributed by atoms with E-state index in [9.17, 15) is 9.18 Å². The van der Waals surface area contributed by atoms with Gasteiger partial charge in [-0.1, -0.05) is 0 Å². The first-order valence-corrected chi connectivity index (χ1v) is 4.84. The summed E-state index contributed by atoms with van der Waals surface area (Å²) in [4.78, 5) is 10.7. The molecule has 0 saturated heterocycles. The standard InChI is InChI=1S/C7H4BrFINO/c8-6-4(9)1-3(7(11)12)2-5(6)10/h1-2H,(H2,11,12). The Labute approximate surface area is 90.6 Å². The van der Waals surface area contributed by atoms with Gasteiger partial charge in [0, 0.05) is 9.13 Å². The third-order valence-corrected chi connectivity index (χ3v) is 3.67. The van der Waals surface area contributed by atoms with Crippen LogP contribution in [-0.4, -0.2) is 5.91 Å². The highest BCUT2D eigenvalue weighted by molar-refractivity contribution is 14.1. The molecular weight excluding hydrogens is 340 g/mol. The number of carbonyl (C=O) groups excluding carboxylic acids is 1. The molecule has 2 N–H and O–H groups in total. The van der Waals surface area contributed by atoms with Crippen LogP contribution < -0.4 is 5.73 Å². The molecule has 0 aromatic heterocycles. The molecule has 1 amide bonds. The van der Waals surface area contributed by atoms with Crippen molar-refractivity contribution in [3.8, 4) is 0 Å². The van der Waals surface area contributed by atoms with E-state index in [1.54, 1.807) is 0 Å². The predicted octanol–water partition coefficient (Wildman–Crippen LogP) is 2.29. The lowest BCUT2D eigenvalue weighted by Crippen LogP contribution is -2.11. The van der Waals surface area contributed by atoms with E-state index in [1.807, 2.05) is 22.6 Å². The van der Waals surface area contributed by atoms with Crippen LogP contribution in [0.5, 0.6) is 0 Å². The molecule has 0 unspecified atom stereocenters. The largest absolute Gasteiger partial charge is 0.366 e. The van der Waals surface area contributed by atoms with Crippen molar-refractivity contribution in [2.24, 2.45) is 5.73 Å². The fraction of sp³-hybridized carbons (Fsp3) is 0. The average molecular weight is 344 g/mol. The van der Waals surface area contributed by atoms with Gasteiger partial charge in [-0.25, -0.2) is 4.39 Å². The second kappa shape index (κ2) is 3.69. The molecule has 0 spiro atoms. The number of primary amides is 1. The Bertz CT molecular complexity index is 319. The van der Waals surface area contributed by atoms with Gasteiger partial charge in [0.25, 0.3) is 0 Å². The summed E-state index contributed by atoms with van der Waals surface area (Å²) in [5.41, 5.74) is 5.16. The SMILES string of the molecule is NC(=O)c1cc(F)c(Br)c(I)c1. The molecule has 1 aromatic carbocycles. The summed E-state index contributed by atoms with van der Waals surface area (Å²) >= 11 is 4.94. The van der Waals surface area contributed by atoms with Crippen LogP contribution in [0, 0.1) is 9.39 Å². The molecule has 0 aliphatic carbocycles. The van der Waals surface area contributed by atoms with Crippen LogP contribution >= 0.6 is 38.5 Å². The van der Waals surface area contributed by atoms with Crippen molar-refractivity contribution in [3.05, 3.63) is 31.6 Å². The molecule has 5 heteroatoms. The molecule has 2 nitrogen and oxygen atoms in total. The molecule has 0 aliphatic rings. The van der Waals surface area contributed by atoms with Gasteiger partial charge in [0.1, 0.15) is 5.82 Å². The molecule has 0 atom stereocenters. The zero-order valence-electron chi connectivity index (χ0n) is 5.77. The van der Waals surface area contributed by atoms with E-state index >= 15 is 0 Å². The minimum atomic E-state index is -0.626. The molecule has 0 radical (unpaired) electrons. The fourth-order valence-electron chi connectivity index (χ4n) is 0.698. The van der Waals surface area contributed by atoms with E-state index < -0.39 is 11.7 Å². The minimum Gasteiger partial charge on any atom is -0.366 e. The normalized spacial score (nSPS) is 9.92. The maximum absolute atomic E-state index is 12.9. The number of halogens is 3. The summed E-state index contributed by atoms with van der Waals surface area (Å²) in [5.74, 6) is -1.10. The Kier molecular flexibility index (Phi) is 3.05.